The van der Waals surface area contributed by atoms with Crippen LogP contribution in [-0.2, 0) is 29.2 Å². The van der Waals surface area contributed by atoms with Gasteiger partial charge < -0.3 is 4.57 Å². The number of hydrogen-bond acceptors (Lipinski definition) is 2. The number of fused-ring (bicyclic) bond motifs is 1. The highest BCUT2D eigenvalue weighted by molar-refractivity contribution is 7.90. The van der Waals surface area contributed by atoms with Crippen molar-refractivity contribution in [1.82, 2.24) is 9.29 Å². The maximum Gasteiger partial charge on any atom is 0.417 e. The van der Waals surface area contributed by atoms with E-state index >= 15 is 0 Å². The first-order valence-corrected chi connectivity index (χ1v) is 13.1. The Bertz CT molecular complexity index is 1320. The third-order valence-electron chi connectivity index (χ3n) is 5.87. The molecule has 9 heteroatoms. The van der Waals surface area contributed by atoms with Gasteiger partial charge in [-0.1, -0.05) is 50.6 Å². The third-order valence-corrected chi connectivity index (χ3v) is 8.06. The summed E-state index contributed by atoms with van der Waals surface area (Å²) >= 11 is 5.86. The summed E-state index contributed by atoms with van der Waals surface area (Å²) in [5.74, 6) is 0. The van der Waals surface area contributed by atoms with Crippen LogP contribution >= 0.6 is 11.6 Å². The smallest absolute Gasteiger partial charge is 0.347 e. The van der Waals surface area contributed by atoms with Gasteiger partial charge in [-0.05, 0) is 59.6 Å². The molecule has 1 saturated carbocycles. The van der Waals surface area contributed by atoms with Crippen molar-refractivity contribution in [2.45, 2.75) is 58.0 Å². The molecule has 1 N–H and O–H groups in total. The van der Waals surface area contributed by atoms with Crippen LogP contribution in [0, 0.1) is 5.41 Å². The van der Waals surface area contributed by atoms with Gasteiger partial charge >= 0.3 is 6.18 Å². The lowest BCUT2D eigenvalue weighted by Crippen LogP contribution is -2.29. The molecule has 0 radical (unpaired) electrons. The molecule has 0 amide bonds. The van der Waals surface area contributed by atoms with E-state index in [-0.39, 0.29) is 27.8 Å². The summed E-state index contributed by atoms with van der Waals surface area (Å²) in [7, 11) is -3.27. The molecule has 34 heavy (non-hydrogen) atoms. The SMILES string of the molecule is CC(C)(C)Cn1cc(CCNS(=O)(=O)C2CC2)c2ccc(-c3ccc(Cl)cc3C(F)(F)F)cc21. The quantitative estimate of drug-likeness (QED) is 0.385. The first kappa shape index (κ1) is 25.1. The monoisotopic (exact) mass is 512 g/mol. The van der Waals surface area contributed by atoms with E-state index < -0.39 is 21.8 Å². The molecule has 1 aliphatic carbocycles. The number of rotatable bonds is 7. The van der Waals surface area contributed by atoms with Crippen molar-refractivity contribution >= 4 is 32.5 Å². The van der Waals surface area contributed by atoms with Crippen LogP contribution in [0.5, 0.6) is 0 Å². The fourth-order valence-corrected chi connectivity index (χ4v) is 5.75. The van der Waals surface area contributed by atoms with Crippen molar-refractivity contribution in [3.8, 4) is 11.1 Å². The van der Waals surface area contributed by atoms with Crippen LogP contribution in [0.15, 0.2) is 42.6 Å². The second-order valence-electron chi connectivity index (χ2n) is 10.2. The summed E-state index contributed by atoms with van der Waals surface area (Å²) in [4.78, 5) is 0. The van der Waals surface area contributed by atoms with E-state index in [1.54, 1.807) is 12.1 Å². The Morgan fingerprint density at radius 2 is 1.79 bits per heavy atom. The van der Waals surface area contributed by atoms with Crippen molar-refractivity contribution < 1.29 is 21.6 Å². The molecule has 0 aliphatic heterocycles. The summed E-state index contributed by atoms with van der Waals surface area (Å²) < 4.78 is 70.2. The largest absolute Gasteiger partial charge is 0.417 e. The van der Waals surface area contributed by atoms with E-state index in [1.165, 1.54) is 12.1 Å². The van der Waals surface area contributed by atoms with Crippen LogP contribution in [0.2, 0.25) is 5.02 Å². The topological polar surface area (TPSA) is 51.1 Å². The number of benzene rings is 2. The molecule has 1 fully saturated rings. The average molecular weight is 513 g/mol. The highest BCUT2D eigenvalue weighted by Crippen LogP contribution is 2.40. The molecule has 0 spiro atoms. The molecule has 4 rings (SSSR count). The number of nitrogens with one attached hydrogen (secondary N) is 1. The van der Waals surface area contributed by atoms with E-state index in [0.29, 0.717) is 31.4 Å². The van der Waals surface area contributed by atoms with Crippen LogP contribution in [0.4, 0.5) is 13.2 Å². The van der Waals surface area contributed by atoms with Crippen molar-refractivity contribution in [2.24, 2.45) is 5.41 Å². The van der Waals surface area contributed by atoms with Crippen LogP contribution in [-0.4, -0.2) is 24.8 Å². The fourth-order valence-electron chi connectivity index (χ4n) is 4.20. The summed E-state index contributed by atoms with van der Waals surface area (Å²) in [6.07, 6.45) is -0.654. The Morgan fingerprint density at radius 1 is 1.09 bits per heavy atom. The predicted molar refractivity (Wildman–Crippen MR) is 130 cm³/mol. The molecule has 1 aromatic heterocycles. The Kier molecular flexibility index (Phi) is 6.55. The summed E-state index contributed by atoms with van der Waals surface area (Å²) in [5.41, 5.74) is 1.45. The minimum Gasteiger partial charge on any atom is -0.347 e. The molecule has 184 valence electrons. The van der Waals surface area contributed by atoms with E-state index in [2.05, 4.69) is 25.5 Å². The molecule has 3 aromatic rings. The van der Waals surface area contributed by atoms with Gasteiger partial charge in [-0.2, -0.15) is 13.2 Å². The zero-order valence-corrected chi connectivity index (χ0v) is 20.9. The van der Waals surface area contributed by atoms with E-state index in [0.717, 1.165) is 22.5 Å². The molecule has 4 nitrogen and oxygen atoms in total. The van der Waals surface area contributed by atoms with Gasteiger partial charge in [0.15, 0.2) is 0 Å². The summed E-state index contributed by atoms with van der Waals surface area (Å²) in [6.45, 7) is 7.21. The highest BCUT2D eigenvalue weighted by Gasteiger charge is 2.35. The minimum absolute atomic E-state index is 0.0317. The first-order valence-electron chi connectivity index (χ1n) is 11.2. The highest BCUT2D eigenvalue weighted by atomic mass is 35.5. The van der Waals surface area contributed by atoms with Gasteiger partial charge in [-0.15, -0.1) is 0 Å². The molecule has 1 aliphatic rings. The molecule has 0 unspecified atom stereocenters. The van der Waals surface area contributed by atoms with Crippen LogP contribution in [0.25, 0.3) is 22.0 Å². The van der Waals surface area contributed by atoms with Crippen molar-refractivity contribution in [2.75, 3.05) is 6.54 Å². The number of alkyl halides is 3. The lowest BCUT2D eigenvalue weighted by molar-refractivity contribution is -0.137. The Hall–Kier alpha value is -2.03. The lowest BCUT2D eigenvalue weighted by Gasteiger charge is -2.20. The van der Waals surface area contributed by atoms with E-state index in [1.807, 2.05) is 16.8 Å². The molecule has 0 atom stereocenters. The molecule has 2 aromatic carbocycles. The zero-order chi connectivity index (χ0) is 24.9. The second kappa shape index (κ2) is 8.88. The fraction of sp³-hybridized carbons (Fsp3) is 0.440. The number of sulfonamides is 1. The molecule has 0 bridgehead atoms. The number of hydrogen-bond donors (Lipinski definition) is 1. The Labute approximate surface area is 203 Å². The molecular formula is C25H28ClF3N2O2S. The third kappa shape index (κ3) is 5.61. The van der Waals surface area contributed by atoms with Gasteiger partial charge in [0.05, 0.1) is 10.8 Å². The van der Waals surface area contributed by atoms with Gasteiger partial charge in [-0.25, -0.2) is 13.1 Å². The predicted octanol–water partition coefficient (Wildman–Crippen LogP) is 6.65. The van der Waals surface area contributed by atoms with Crippen molar-refractivity contribution in [1.29, 1.82) is 0 Å². The molecule has 0 saturated heterocycles. The van der Waals surface area contributed by atoms with Crippen LogP contribution in [0.1, 0.15) is 44.7 Å². The van der Waals surface area contributed by atoms with Gasteiger partial charge in [0.2, 0.25) is 10.0 Å². The lowest BCUT2D eigenvalue weighted by atomic mass is 9.96. The van der Waals surface area contributed by atoms with Gasteiger partial charge in [0.1, 0.15) is 0 Å². The second-order valence-corrected chi connectivity index (χ2v) is 12.6. The zero-order valence-electron chi connectivity index (χ0n) is 19.3. The van der Waals surface area contributed by atoms with E-state index in [9.17, 15) is 21.6 Å². The van der Waals surface area contributed by atoms with Crippen LogP contribution < -0.4 is 4.72 Å². The molecular weight excluding hydrogens is 485 g/mol. The Balaban J connectivity index is 1.73. The number of aromatic nitrogens is 1. The van der Waals surface area contributed by atoms with Gasteiger partial charge in [0, 0.05) is 35.2 Å². The minimum atomic E-state index is -4.54. The van der Waals surface area contributed by atoms with E-state index in [4.69, 9.17) is 11.6 Å². The van der Waals surface area contributed by atoms with Gasteiger partial charge in [-0.3, -0.25) is 0 Å². The van der Waals surface area contributed by atoms with Crippen molar-refractivity contribution in [3.63, 3.8) is 0 Å². The number of halogens is 4. The molecule has 1 heterocycles. The summed E-state index contributed by atoms with van der Waals surface area (Å²) in [5, 5.41) is 0.657. The van der Waals surface area contributed by atoms with Gasteiger partial charge in [0.25, 0.3) is 0 Å². The maximum atomic E-state index is 13.7. The van der Waals surface area contributed by atoms with Crippen LogP contribution in [0.3, 0.4) is 0 Å². The normalized spacial score (nSPS) is 15.3. The average Bonchev–Trinajstić information content (AvgIpc) is 3.52. The summed E-state index contributed by atoms with van der Waals surface area (Å²) in [6, 6.07) is 9.09. The maximum absolute atomic E-state index is 13.7. The number of nitrogens with zero attached hydrogens (tertiary/aromatic N) is 1. The first-order chi connectivity index (χ1) is 15.7. The Morgan fingerprint density at radius 3 is 2.41 bits per heavy atom. The standard InChI is InChI=1S/C25H28ClF3N2O2S/c1-24(2,3)15-31-14-17(10-11-30-34(32,33)19-6-7-19)21-8-4-16(12-23(21)31)20-9-5-18(26)13-22(20)25(27,28)29/h4-5,8-9,12-14,19,30H,6-7,10-11,15H2,1-3H3. The van der Waals surface area contributed by atoms with Crippen molar-refractivity contribution in [3.05, 3.63) is 58.7 Å².